The van der Waals surface area contributed by atoms with Crippen LogP contribution < -0.4 is 11.1 Å². The highest BCUT2D eigenvalue weighted by Crippen LogP contribution is 2.08. The van der Waals surface area contributed by atoms with E-state index in [4.69, 9.17) is 5.73 Å². The molecular weight excluding hydrogens is 239 g/mol. The molecule has 0 aliphatic heterocycles. The first-order chi connectivity index (χ1) is 9.25. The molecule has 0 amide bonds. The zero-order valence-electron chi connectivity index (χ0n) is 10.9. The lowest BCUT2D eigenvalue weighted by Gasteiger charge is -2.13. The minimum atomic E-state index is -0.192. The molecule has 0 radical (unpaired) electrons. The second kappa shape index (κ2) is 7.02. The van der Waals surface area contributed by atoms with E-state index in [2.05, 4.69) is 5.32 Å². The largest absolute Gasteiger partial charge is 0.323 e. The summed E-state index contributed by atoms with van der Waals surface area (Å²) in [5.74, 6) is -0.192. The van der Waals surface area contributed by atoms with Gasteiger partial charge in [0.2, 0.25) is 0 Å². The summed E-state index contributed by atoms with van der Waals surface area (Å²) in [4.78, 5) is 0. The van der Waals surface area contributed by atoms with Gasteiger partial charge in [-0.2, -0.15) is 0 Å². The van der Waals surface area contributed by atoms with Gasteiger partial charge in [0.15, 0.2) is 0 Å². The van der Waals surface area contributed by atoms with Crippen LogP contribution in [-0.4, -0.2) is 13.1 Å². The molecule has 0 fully saturated rings. The molecule has 2 aromatic carbocycles. The quantitative estimate of drug-likeness (QED) is 0.782. The molecule has 0 aliphatic rings. The average molecular weight is 258 g/mol. The molecule has 100 valence electrons. The van der Waals surface area contributed by atoms with Gasteiger partial charge in [-0.25, -0.2) is 4.39 Å². The Bertz CT molecular complexity index is 482. The molecule has 2 aromatic rings. The summed E-state index contributed by atoms with van der Waals surface area (Å²) in [7, 11) is 0. The number of hydrogen-bond acceptors (Lipinski definition) is 2. The molecule has 0 heterocycles. The van der Waals surface area contributed by atoms with E-state index >= 15 is 0 Å². The third-order valence-corrected chi connectivity index (χ3v) is 3.10. The first kappa shape index (κ1) is 13.7. The third-order valence-electron chi connectivity index (χ3n) is 3.10. The second-order valence-corrected chi connectivity index (χ2v) is 4.60. The Morgan fingerprint density at radius 3 is 2.37 bits per heavy atom. The van der Waals surface area contributed by atoms with Gasteiger partial charge in [-0.1, -0.05) is 42.5 Å². The molecule has 0 aromatic heterocycles. The van der Waals surface area contributed by atoms with E-state index in [1.54, 1.807) is 0 Å². The normalized spacial score (nSPS) is 12.3. The zero-order chi connectivity index (χ0) is 13.5. The van der Waals surface area contributed by atoms with Gasteiger partial charge < -0.3 is 11.1 Å². The molecule has 19 heavy (non-hydrogen) atoms. The standard InChI is InChI=1S/C16H19FN2/c17-15-8-6-13(7-9-15)10-11-19-12-16(18)14-4-2-1-3-5-14/h1-9,16,19H,10-12,18H2. The van der Waals surface area contributed by atoms with Crippen molar-refractivity contribution in [1.29, 1.82) is 0 Å². The van der Waals surface area contributed by atoms with Crippen LogP contribution in [0.4, 0.5) is 4.39 Å². The second-order valence-electron chi connectivity index (χ2n) is 4.60. The molecule has 0 saturated heterocycles. The Morgan fingerprint density at radius 2 is 1.68 bits per heavy atom. The van der Waals surface area contributed by atoms with Gasteiger partial charge in [-0.3, -0.25) is 0 Å². The summed E-state index contributed by atoms with van der Waals surface area (Å²) in [6, 6.07) is 16.7. The van der Waals surface area contributed by atoms with Crippen molar-refractivity contribution in [2.24, 2.45) is 5.73 Å². The van der Waals surface area contributed by atoms with Crippen molar-refractivity contribution in [1.82, 2.24) is 5.32 Å². The van der Waals surface area contributed by atoms with Crippen LogP contribution in [0.5, 0.6) is 0 Å². The van der Waals surface area contributed by atoms with Gasteiger partial charge in [0, 0.05) is 12.6 Å². The van der Waals surface area contributed by atoms with Crippen LogP contribution >= 0.6 is 0 Å². The van der Waals surface area contributed by atoms with Crippen molar-refractivity contribution in [2.45, 2.75) is 12.5 Å². The predicted octanol–water partition coefficient (Wildman–Crippen LogP) is 2.66. The van der Waals surface area contributed by atoms with Crippen molar-refractivity contribution in [3.63, 3.8) is 0 Å². The van der Waals surface area contributed by atoms with Gasteiger partial charge >= 0.3 is 0 Å². The number of hydrogen-bond donors (Lipinski definition) is 2. The van der Waals surface area contributed by atoms with Crippen LogP contribution in [0.2, 0.25) is 0 Å². The van der Waals surface area contributed by atoms with Gasteiger partial charge in [0.05, 0.1) is 0 Å². The van der Waals surface area contributed by atoms with E-state index in [-0.39, 0.29) is 11.9 Å². The Labute approximate surface area is 113 Å². The minimum absolute atomic E-state index is 0.00872. The van der Waals surface area contributed by atoms with E-state index in [1.807, 2.05) is 42.5 Å². The van der Waals surface area contributed by atoms with Gasteiger partial charge in [-0.05, 0) is 36.2 Å². The maximum Gasteiger partial charge on any atom is 0.123 e. The molecule has 0 saturated carbocycles. The maximum absolute atomic E-state index is 12.7. The summed E-state index contributed by atoms with van der Waals surface area (Å²) >= 11 is 0. The van der Waals surface area contributed by atoms with Crippen LogP contribution in [0.15, 0.2) is 54.6 Å². The van der Waals surface area contributed by atoms with E-state index in [0.29, 0.717) is 0 Å². The van der Waals surface area contributed by atoms with Crippen LogP contribution in [0, 0.1) is 5.82 Å². The van der Waals surface area contributed by atoms with E-state index in [9.17, 15) is 4.39 Å². The van der Waals surface area contributed by atoms with Crippen LogP contribution in [0.3, 0.4) is 0 Å². The lowest BCUT2D eigenvalue weighted by Crippen LogP contribution is -2.28. The Morgan fingerprint density at radius 1 is 1.00 bits per heavy atom. The number of nitrogens with one attached hydrogen (secondary N) is 1. The van der Waals surface area contributed by atoms with Crippen LogP contribution in [0.25, 0.3) is 0 Å². The Balaban J connectivity index is 1.71. The molecule has 2 nitrogen and oxygen atoms in total. The highest BCUT2D eigenvalue weighted by molar-refractivity contribution is 5.19. The lowest BCUT2D eigenvalue weighted by atomic mass is 10.1. The SMILES string of the molecule is NC(CNCCc1ccc(F)cc1)c1ccccc1. The van der Waals surface area contributed by atoms with E-state index < -0.39 is 0 Å². The van der Waals surface area contributed by atoms with Crippen molar-refractivity contribution in [3.05, 3.63) is 71.5 Å². The molecule has 0 spiro atoms. The van der Waals surface area contributed by atoms with E-state index in [0.717, 1.165) is 30.6 Å². The fraction of sp³-hybridized carbons (Fsp3) is 0.250. The first-order valence-electron chi connectivity index (χ1n) is 6.51. The molecule has 3 heteroatoms. The van der Waals surface area contributed by atoms with Crippen molar-refractivity contribution in [2.75, 3.05) is 13.1 Å². The fourth-order valence-electron chi connectivity index (χ4n) is 1.96. The highest BCUT2D eigenvalue weighted by Gasteiger charge is 2.03. The number of benzene rings is 2. The molecule has 0 aliphatic carbocycles. The topological polar surface area (TPSA) is 38.0 Å². The van der Waals surface area contributed by atoms with Crippen molar-refractivity contribution < 1.29 is 4.39 Å². The molecular formula is C16H19FN2. The Hall–Kier alpha value is -1.71. The molecule has 0 bridgehead atoms. The third kappa shape index (κ3) is 4.47. The molecule has 1 atom stereocenters. The van der Waals surface area contributed by atoms with E-state index in [1.165, 1.54) is 12.1 Å². The van der Waals surface area contributed by atoms with Gasteiger partial charge in [0.25, 0.3) is 0 Å². The Kier molecular flexibility index (Phi) is 5.07. The molecule has 2 rings (SSSR count). The van der Waals surface area contributed by atoms with Crippen LogP contribution in [0.1, 0.15) is 17.2 Å². The van der Waals surface area contributed by atoms with Crippen molar-refractivity contribution in [3.8, 4) is 0 Å². The zero-order valence-corrected chi connectivity index (χ0v) is 10.9. The fourth-order valence-corrected chi connectivity index (χ4v) is 1.96. The van der Waals surface area contributed by atoms with Gasteiger partial charge in [-0.15, -0.1) is 0 Å². The smallest absolute Gasteiger partial charge is 0.123 e. The number of halogens is 1. The summed E-state index contributed by atoms with van der Waals surface area (Å²) in [6.07, 6.45) is 0.877. The number of rotatable bonds is 6. The van der Waals surface area contributed by atoms with Crippen molar-refractivity contribution >= 4 is 0 Å². The summed E-state index contributed by atoms with van der Waals surface area (Å²) < 4.78 is 12.7. The summed E-state index contributed by atoms with van der Waals surface area (Å²) in [6.45, 7) is 1.58. The summed E-state index contributed by atoms with van der Waals surface area (Å²) in [5, 5.41) is 3.33. The minimum Gasteiger partial charge on any atom is -0.323 e. The van der Waals surface area contributed by atoms with Crippen LogP contribution in [-0.2, 0) is 6.42 Å². The lowest BCUT2D eigenvalue weighted by molar-refractivity contribution is 0.597. The predicted molar refractivity (Wildman–Crippen MR) is 76.3 cm³/mol. The highest BCUT2D eigenvalue weighted by atomic mass is 19.1. The molecule has 3 N–H and O–H groups in total. The first-order valence-corrected chi connectivity index (χ1v) is 6.51. The van der Waals surface area contributed by atoms with Gasteiger partial charge in [0.1, 0.15) is 5.82 Å². The monoisotopic (exact) mass is 258 g/mol. The number of nitrogens with two attached hydrogens (primary N) is 1. The molecule has 1 unspecified atom stereocenters. The maximum atomic E-state index is 12.7. The average Bonchev–Trinajstić information content (AvgIpc) is 2.46. The summed E-state index contributed by atoms with van der Waals surface area (Å²) in [5.41, 5.74) is 8.35.